The largest absolute Gasteiger partial charge is 0.383 e. The quantitative estimate of drug-likeness (QED) is 0.618. The summed E-state index contributed by atoms with van der Waals surface area (Å²) in [6, 6.07) is 8.14. The van der Waals surface area contributed by atoms with Gasteiger partial charge >= 0.3 is 0 Å². The number of H-pyrrole nitrogens is 1. The van der Waals surface area contributed by atoms with E-state index in [4.69, 9.17) is 4.74 Å². The number of hydrogen-bond donors (Lipinski definition) is 1. The second-order valence-corrected chi connectivity index (χ2v) is 7.87. The molecule has 1 aliphatic heterocycles. The van der Waals surface area contributed by atoms with Crippen LogP contribution in [-0.4, -0.2) is 63.1 Å². The number of aromatic amines is 1. The number of thioether (sulfide) groups is 1. The molecule has 3 aromatic rings. The van der Waals surface area contributed by atoms with E-state index in [0.29, 0.717) is 18.9 Å². The second-order valence-electron chi connectivity index (χ2n) is 6.93. The number of ether oxygens (including phenoxy) is 1. The fraction of sp³-hybridized carbons (Fsp3) is 0.450. The number of methoxy groups -OCH3 is 1. The highest BCUT2D eigenvalue weighted by Gasteiger charge is 2.20. The third kappa shape index (κ3) is 3.93. The summed E-state index contributed by atoms with van der Waals surface area (Å²) in [5.74, 6) is 1.36. The van der Waals surface area contributed by atoms with Crippen LogP contribution in [0.15, 0.2) is 35.6 Å². The number of nitrogens with zero attached hydrogens (tertiary/aromatic N) is 4. The Morgan fingerprint density at radius 2 is 2.04 bits per heavy atom. The van der Waals surface area contributed by atoms with Crippen molar-refractivity contribution in [1.29, 1.82) is 0 Å². The molecule has 0 saturated carbocycles. The molecule has 148 valence electrons. The van der Waals surface area contributed by atoms with Gasteiger partial charge in [-0.15, -0.1) is 10.2 Å². The van der Waals surface area contributed by atoms with Crippen molar-refractivity contribution in [3.63, 3.8) is 0 Å². The summed E-state index contributed by atoms with van der Waals surface area (Å²) in [7, 11) is 1.68. The Hall–Kier alpha value is -2.32. The van der Waals surface area contributed by atoms with Crippen molar-refractivity contribution in [2.75, 3.05) is 32.6 Å². The van der Waals surface area contributed by atoms with Gasteiger partial charge in [0.15, 0.2) is 11.0 Å². The zero-order valence-electron chi connectivity index (χ0n) is 16.1. The molecule has 4 rings (SSSR count). The van der Waals surface area contributed by atoms with Gasteiger partial charge in [-0.1, -0.05) is 30.0 Å². The predicted octanol–water partition coefficient (Wildman–Crippen LogP) is 3.18. The number of carbonyl (C=O) groups excluding carboxylic acids is 1. The smallest absolute Gasteiger partial charge is 0.233 e. The van der Waals surface area contributed by atoms with Crippen LogP contribution < -0.4 is 0 Å². The lowest BCUT2D eigenvalue weighted by Crippen LogP contribution is -2.36. The molecule has 0 aliphatic carbocycles. The lowest BCUT2D eigenvalue weighted by atomic mass is 10.1. The van der Waals surface area contributed by atoms with Crippen LogP contribution in [0.25, 0.3) is 22.3 Å². The van der Waals surface area contributed by atoms with E-state index in [1.54, 1.807) is 7.11 Å². The average molecular weight is 400 g/mol. The lowest BCUT2D eigenvalue weighted by Gasteiger charge is -2.26. The van der Waals surface area contributed by atoms with Gasteiger partial charge in [0.1, 0.15) is 0 Å². The van der Waals surface area contributed by atoms with E-state index < -0.39 is 0 Å². The number of fused-ring (bicyclic) bond motifs is 1. The minimum Gasteiger partial charge on any atom is -0.383 e. The number of nitrogens with one attached hydrogen (secondary N) is 1. The van der Waals surface area contributed by atoms with E-state index in [1.165, 1.54) is 18.2 Å². The van der Waals surface area contributed by atoms with Crippen LogP contribution >= 0.6 is 11.8 Å². The number of rotatable bonds is 7. The van der Waals surface area contributed by atoms with Gasteiger partial charge in [0, 0.05) is 42.9 Å². The third-order valence-electron chi connectivity index (χ3n) is 5.10. The summed E-state index contributed by atoms with van der Waals surface area (Å²) in [6.07, 6.45) is 5.39. The van der Waals surface area contributed by atoms with Crippen molar-refractivity contribution in [2.45, 2.75) is 31.0 Å². The van der Waals surface area contributed by atoms with Crippen LogP contribution in [0.3, 0.4) is 0 Å². The number of aromatic nitrogens is 4. The molecule has 1 amide bonds. The van der Waals surface area contributed by atoms with E-state index in [9.17, 15) is 4.79 Å². The number of hydrogen-bond acceptors (Lipinski definition) is 5. The molecule has 0 unspecified atom stereocenters. The van der Waals surface area contributed by atoms with Crippen LogP contribution in [0.2, 0.25) is 0 Å². The maximum absolute atomic E-state index is 12.5. The monoisotopic (exact) mass is 399 g/mol. The predicted molar refractivity (Wildman–Crippen MR) is 110 cm³/mol. The van der Waals surface area contributed by atoms with Crippen molar-refractivity contribution >= 4 is 28.6 Å². The SMILES string of the molecule is COCCn1c(SCC(=O)N2CCCCC2)nnc1-c1c[nH]c2ccccc12. The first-order valence-corrected chi connectivity index (χ1v) is 10.7. The van der Waals surface area contributed by atoms with Gasteiger partial charge in [-0.3, -0.25) is 9.36 Å². The fourth-order valence-electron chi connectivity index (χ4n) is 3.60. The molecule has 0 bridgehead atoms. The molecule has 28 heavy (non-hydrogen) atoms. The molecular formula is C20H25N5O2S. The van der Waals surface area contributed by atoms with E-state index in [0.717, 1.165) is 53.4 Å². The van der Waals surface area contributed by atoms with Crippen molar-refractivity contribution < 1.29 is 9.53 Å². The Balaban J connectivity index is 1.57. The fourth-order valence-corrected chi connectivity index (χ4v) is 4.46. The summed E-state index contributed by atoms with van der Waals surface area (Å²) < 4.78 is 7.33. The number of amides is 1. The molecule has 2 aromatic heterocycles. The third-order valence-corrected chi connectivity index (χ3v) is 6.05. The molecule has 8 heteroatoms. The van der Waals surface area contributed by atoms with Crippen LogP contribution in [0.4, 0.5) is 0 Å². The first-order valence-electron chi connectivity index (χ1n) is 9.67. The second kappa shape index (κ2) is 8.79. The number of carbonyl (C=O) groups is 1. The Morgan fingerprint density at radius 1 is 1.21 bits per heavy atom. The van der Waals surface area contributed by atoms with Gasteiger partial charge in [0.25, 0.3) is 0 Å². The summed E-state index contributed by atoms with van der Waals surface area (Å²) in [5.41, 5.74) is 2.07. The summed E-state index contributed by atoms with van der Waals surface area (Å²) >= 11 is 1.46. The van der Waals surface area contributed by atoms with Crippen LogP contribution in [0, 0.1) is 0 Å². The summed E-state index contributed by atoms with van der Waals surface area (Å²) in [6.45, 7) is 2.94. The van der Waals surface area contributed by atoms with Crippen molar-refractivity contribution in [2.24, 2.45) is 0 Å². The molecular weight excluding hydrogens is 374 g/mol. The molecule has 1 N–H and O–H groups in total. The maximum Gasteiger partial charge on any atom is 0.233 e. The number of piperidine rings is 1. The highest BCUT2D eigenvalue weighted by atomic mass is 32.2. The normalized spacial score (nSPS) is 14.7. The van der Waals surface area contributed by atoms with E-state index in [-0.39, 0.29) is 5.91 Å². The highest BCUT2D eigenvalue weighted by Crippen LogP contribution is 2.30. The van der Waals surface area contributed by atoms with Gasteiger partial charge in [-0.05, 0) is 25.3 Å². The van der Waals surface area contributed by atoms with Crippen molar-refractivity contribution in [3.05, 3.63) is 30.5 Å². The van der Waals surface area contributed by atoms with Gasteiger partial charge in [-0.2, -0.15) is 0 Å². The molecule has 7 nitrogen and oxygen atoms in total. The van der Waals surface area contributed by atoms with Crippen molar-refractivity contribution in [1.82, 2.24) is 24.6 Å². The van der Waals surface area contributed by atoms with E-state index in [2.05, 4.69) is 21.2 Å². The molecule has 0 spiro atoms. The zero-order valence-corrected chi connectivity index (χ0v) is 16.9. The van der Waals surface area contributed by atoms with Crippen LogP contribution in [0.1, 0.15) is 19.3 Å². The van der Waals surface area contributed by atoms with Gasteiger partial charge in [0.2, 0.25) is 5.91 Å². The van der Waals surface area contributed by atoms with Gasteiger partial charge < -0.3 is 14.6 Å². The first-order chi connectivity index (χ1) is 13.8. The first kappa shape index (κ1) is 19.0. The van der Waals surface area contributed by atoms with E-state index >= 15 is 0 Å². The summed E-state index contributed by atoms with van der Waals surface area (Å²) in [4.78, 5) is 17.8. The van der Waals surface area contributed by atoms with Crippen LogP contribution in [0.5, 0.6) is 0 Å². The Morgan fingerprint density at radius 3 is 2.86 bits per heavy atom. The lowest BCUT2D eigenvalue weighted by molar-refractivity contribution is -0.129. The van der Waals surface area contributed by atoms with Crippen molar-refractivity contribution in [3.8, 4) is 11.4 Å². The number of likely N-dealkylation sites (tertiary alicyclic amines) is 1. The number of para-hydroxylation sites is 1. The average Bonchev–Trinajstić information content (AvgIpc) is 3.34. The molecule has 0 atom stereocenters. The minimum absolute atomic E-state index is 0.180. The molecule has 0 radical (unpaired) electrons. The van der Waals surface area contributed by atoms with E-state index in [1.807, 2.05) is 33.9 Å². The van der Waals surface area contributed by atoms with Gasteiger partial charge in [-0.25, -0.2) is 0 Å². The Bertz CT molecular complexity index is 945. The molecule has 1 aromatic carbocycles. The zero-order chi connectivity index (χ0) is 19.3. The van der Waals surface area contributed by atoms with Crippen LogP contribution in [-0.2, 0) is 16.1 Å². The van der Waals surface area contributed by atoms with Gasteiger partial charge in [0.05, 0.1) is 18.9 Å². The minimum atomic E-state index is 0.180. The Kier molecular flexibility index (Phi) is 5.97. The molecule has 1 saturated heterocycles. The number of benzene rings is 1. The molecule has 3 heterocycles. The highest BCUT2D eigenvalue weighted by molar-refractivity contribution is 7.99. The molecule has 1 aliphatic rings. The summed E-state index contributed by atoms with van der Waals surface area (Å²) in [5, 5.41) is 10.7. The topological polar surface area (TPSA) is 76.0 Å². The standard InChI is InChI=1S/C20H25N5O2S/c1-27-12-11-25-19(16-13-21-17-8-4-3-7-15(16)17)22-23-20(25)28-14-18(26)24-9-5-2-6-10-24/h3-4,7-8,13,21H,2,5-6,9-12,14H2,1H3. The maximum atomic E-state index is 12.5. The Labute approximate surface area is 168 Å². The molecule has 1 fully saturated rings.